The maximum atomic E-state index is 11.9. The van der Waals surface area contributed by atoms with Gasteiger partial charge in [-0.25, -0.2) is 4.79 Å². The zero-order valence-electron chi connectivity index (χ0n) is 14.0. The number of ether oxygens (including phenoxy) is 1. The Labute approximate surface area is 147 Å². The number of aliphatic hydroxyl groups is 1. The molecule has 128 valence electrons. The van der Waals surface area contributed by atoms with Crippen molar-refractivity contribution in [3.8, 4) is 11.1 Å². The summed E-state index contributed by atoms with van der Waals surface area (Å²) in [6.45, 7) is 5.16. The van der Waals surface area contributed by atoms with Gasteiger partial charge in [0.05, 0.1) is 12.6 Å². The Balaban J connectivity index is 2.11. The van der Waals surface area contributed by atoms with Crippen molar-refractivity contribution in [2.75, 3.05) is 6.61 Å². The van der Waals surface area contributed by atoms with Gasteiger partial charge in [0.2, 0.25) is 0 Å². The van der Waals surface area contributed by atoms with Gasteiger partial charge in [-0.3, -0.25) is 0 Å². The van der Waals surface area contributed by atoms with Gasteiger partial charge in [-0.1, -0.05) is 48.0 Å². The number of hydrogen-bond donors (Lipinski definition) is 2. The minimum Gasteiger partial charge on any atom is -0.444 e. The topological polar surface area (TPSA) is 58.6 Å². The number of alkyl carbamates (subject to hydrolysis) is 1. The molecule has 4 nitrogen and oxygen atoms in total. The lowest BCUT2D eigenvalue weighted by Crippen LogP contribution is -2.36. The van der Waals surface area contributed by atoms with Crippen LogP contribution in [0.15, 0.2) is 48.5 Å². The van der Waals surface area contributed by atoms with Crippen molar-refractivity contribution < 1.29 is 14.6 Å². The van der Waals surface area contributed by atoms with Crippen LogP contribution in [0.2, 0.25) is 5.02 Å². The molecule has 0 unspecified atom stereocenters. The molecule has 24 heavy (non-hydrogen) atoms. The summed E-state index contributed by atoms with van der Waals surface area (Å²) in [6, 6.07) is 14.7. The van der Waals surface area contributed by atoms with E-state index in [0.717, 1.165) is 16.7 Å². The number of nitrogens with one attached hydrogen (secondary N) is 1. The number of carbonyl (C=O) groups is 1. The van der Waals surface area contributed by atoms with E-state index < -0.39 is 17.7 Å². The van der Waals surface area contributed by atoms with Gasteiger partial charge in [0.15, 0.2) is 0 Å². The van der Waals surface area contributed by atoms with Crippen LogP contribution >= 0.6 is 11.6 Å². The normalized spacial score (nSPS) is 12.5. The third-order valence-electron chi connectivity index (χ3n) is 3.34. The second-order valence-electron chi connectivity index (χ2n) is 6.51. The monoisotopic (exact) mass is 347 g/mol. The first-order valence-corrected chi connectivity index (χ1v) is 8.12. The molecule has 0 fully saturated rings. The molecular formula is C19H22ClNO3. The number of carbonyl (C=O) groups excluding carboxylic acids is 1. The number of benzene rings is 2. The molecule has 0 heterocycles. The van der Waals surface area contributed by atoms with Crippen LogP contribution in [0, 0.1) is 0 Å². The molecule has 0 bridgehead atoms. The maximum Gasteiger partial charge on any atom is 0.408 e. The number of rotatable bonds is 4. The van der Waals surface area contributed by atoms with Crippen LogP contribution < -0.4 is 5.32 Å². The van der Waals surface area contributed by atoms with Crippen LogP contribution in [0.4, 0.5) is 4.79 Å². The Morgan fingerprint density at radius 1 is 1.17 bits per heavy atom. The van der Waals surface area contributed by atoms with Gasteiger partial charge in [-0.15, -0.1) is 0 Å². The fourth-order valence-corrected chi connectivity index (χ4v) is 2.45. The molecular weight excluding hydrogens is 326 g/mol. The second kappa shape index (κ2) is 7.69. The van der Waals surface area contributed by atoms with E-state index in [0.29, 0.717) is 5.02 Å². The molecule has 0 aliphatic carbocycles. The van der Waals surface area contributed by atoms with Crippen LogP contribution in [-0.2, 0) is 4.74 Å². The molecule has 0 aliphatic rings. The quantitative estimate of drug-likeness (QED) is 0.852. The lowest BCUT2D eigenvalue weighted by Gasteiger charge is -2.23. The van der Waals surface area contributed by atoms with Crippen molar-refractivity contribution in [1.29, 1.82) is 0 Å². The number of aliphatic hydroxyl groups excluding tert-OH is 1. The highest BCUT2D eigenvalue weighted by atomic mass is 35.5. The van der Waals surface area contributed by atoms with Gasteiger partial charge in [0.1, 0.15) is 5.60 Å². The molecule has 5 heteroatoms. The maximum absolute atomic E-state index is 11.9. The Morgan fingerprint density at radius 2 is 1.83 bits per heavy atom. The first-order chi connectivity index (χ1) is 11.3. The van der Waals surface area contributed by atoms with Gasteiger partial charge >= 0.3 is 6.09 Å². The fourth-order valence-electron chi connectivity index (χ4n) is 2.26. The molecule has 0 aromatic heterocycles. The number of amides is 1. The minimum atomic E-state index is -0.583. The molecule has 0 saturated carbocycles. The molecule has 0 saturated heterocycles. The summed E-state index contributed by atoms with van der Waals surface area (Å²) in [6.07, 6.45) is -0.555. The predicted octanol–water partition coefficient (Wildman–Crippen LogP) is 4.57. The van der Waals surface area contributed by atoms with Crippen LogP contribution in [0.1, 0.15) is 32.4 Å². The van der Waals surface area contributed by atoms with Crippen molar-refractivity contribution in [2.24, 2.45) is 0 Å². The van der Waals surface area contributed by atoms with Crippen LogP contribution in [0.5, 0.6) is 0 Å². The lowest BCUT2D eigenvalue weighted by atomic mass is 10.0. The van der Waals surface area contributed by atoms with Crippen LogP contribution in [0.3, 0.4) is 0 Å². The average molecular weight is 348 g/mol. The molecule has 2 aromatic rings. The number of hydrogen-bond acceptors (Lipinski definition) is 3. The van der Waals surface area contributed by atoms with Gasteiger partial charge in [-0.05, 0) is 49.6 Å². The fraction of sp³-hybridized carbons (Fsp3) is 0.316. The standard InChI is InChI=1S/C19H22ClNO3/c1-19(2,3)24-18(23)21-17(12-22)14-9-7-13(8-10-14)15-5-4-6-16(20)11-15/h4-11,17,22H,12H2,1-3H3,(H,21,23)/t17-/m0/s1. The molecule has 1 atom stereocenters. The van der Waals surface area contributed by atoms with Gasteiger partial charge in [0.25, 0.3) is 0 Å². The zero-order valence-corrected chi connectivity index (χ0v) is 14.8. The SMILES string of the molecule is CC(C)(C)OC(=O)N[C@@H](CO)c1ccc(-c2cccc(Cl)c2)cc1. The van der Waals surface area contributed by atoms with Gasteiger partial charge in [-0.2, -0.15) is 0 Å². The van der Waals surface area contributed by atoms with E-state index >= 15 is 0 Å². The molecule has 0 aliphatic heterocycles. The zero-order chi connectivity index (χ0) is 17.7. The summed E-state index contributed by atoms with van der Waals surface area (Å²) in [5, 5.41) is 12.9. The first kappa shape index (κ1) is 18.3. The molecule has 0 radical (unpaired) electrons. The van der Waals surface area contributed by atoms with Crippen molar-refractivity contribution in [3.63, 3.8) is 0 Å². The highest BCUT2D eigenvalue weighted by Crippen LogP contribution is 2.24. The van der Waals surface area contributed by atoms with Crippen molar-refractivity contribution >= 4 is 17.7 Å². The van der Waals surface area contributed by atoms with Gasteiger partial charge in [0, 0.05) is 5.02 Å². The average Bonchev–Trinajstić information content (AvgIpc) is 2.51. The Morgan fingerprint density at radius 3 is 2.38 bits per heavy atom. The van der Waals surface area contributed by atoms with Crippen molar-refractivity contribution in [1.82, 2.24) is 5.32 Å². The smallest absolute Gasteiger partial charge is 0.408 e. The Bertz CT molecular complexity index is 693. The lowest BCUT2D eigenvalue weighted by molar-refractivity contribution is 0.0482. The number of halogens is 1. The highest BCUT2D eigenvalue weighted by molar-refractivity contribution is 6.30. The molecule has 0 spiro atoms. The van der Waals surface area contributed by atoms with E-state index in [1.54, 1.807) is 20.8 Å². The molecule has 1 amide bonds. The summed E-state index contributed by atoms with van der Waals surface area (Å²) in [5.74, 6) is 0. The largest absolute Gasteiger partial charge is 0.444 e. The summed E-state index contributed by atoms with van der Waals surface area (Å²) in [5.41, 5.74) is 2.24. The summed E-state index contributed by atoms with van der Waals surface area (Å²) < 4.78 is 5.22. The van der Waals surface area contributed by atoms with Gasteiger partial charge < -0.3 is 15.2 Å². The third kappa shape index (κ3) is 5.25. The van der Waals surface area contributed by atoms with E-state index in [1.807, 2.05) is 48.5 Å². The Kier molecular flexibility index (Phi) is 5.86. The Hall–Kier alpha value is -2.04. The van der Waals surface area contributed by atoms with Crippen molar-refractivity contribution in [3.05, 3.63) is 59.1 Å². The van der Waals surface area contributed by atoms with Crippen molar-refractivity contribution in [2.45, 2.75) is 32.4 Å². The molecule has 2 rings (SSSR count). The van der Waals surface area contributed by atoms with E-state index in [4.69, 9.17) is 16.3 Å². The summed E-state index contributed by atoms with van der Waals surface area (Å²) in [7, 11) is 0. The first-order valence-electron chi connectivity index (χ1n) is 7.75. The molecule has 2 aromatic carbocycles. The highest BCUT2D eigenvalue weighted by Gasteiger charge is 2.20. The van der Waals surface area contributed by atoms with Crippen LogP contribution in [0.25, 0.3) is 11.1 Å². The molecule has 2 N–H and O–H groups in total. The van der Waals surface area contributed by atoms with E-state index in [-0.39, 0.29) is 6.61 Å². The summed E-state index contributed by atoms with van der Waals surface area (Å²) >= 11 is 6.01. The van der Waals surface area contributed by atoms with E-state index in [1.165, 1.54) is 0 Å². The predicted molar refractivity (Wildman–Crippen MR) is 96.1 cm³/mol. The second-order valence-corrected chi connectivity index (χ2v) is 6.95. The van der Waals surface area contributed by atoms with Crippen LogP contribution in [-0.4, -0.2) is 23.4 Å². The minimum absolute atomic E-state index is 0.213. The summed E-state index contributed by atoms with van der Waals surface area (Å²) in [4.78, 5) is 11.9. The van der Waals surface area contributed by atoms with E-state index in [9.17, 15) is 9.90 Å². The van der Waals surface area contributed by atoms with E-state index in [2.05, 4.69) is 5.32 Å². The third-order valence-corrected chi connectivity index (χ3v) is 3.58.